The number of hydrogen-bond acceptors (Lipinski definition) is 4. The molecule has 0 bridgehead atoms. The molecule has 3 atom stereocenters. The molecule has 0 saturated carbocycles. The van der Waals surface area contributed by atoms with E-state index in [2.05, 4.69) is 10.6 Å². The van der Waals surface area contributed by atoms with E-state index in [0.29, 0.717) is 19.4 Å². The molecule has 0 aromatic heterocycles. The number of aryl methyl sites for hydroxylation is 1. The Kier molecular flexibility index (Phi) is 10.8. The second kappa shape index (κ2) is 12.4. The van der Waals surface area contributed by atoms with Crippen molar-refractivity contribution in [1.82, 2.24) is 15.5 Å². The molecule has 0 spiro atoms. The molecule has 2 N–H and O–H groups in total. The van der Waals surface area contributed by atoms with Gasteiger partial charge in [-0.1, -0.05) is 45.4 Å². The first-order valence-electron chi connectivity index (χ1n) is 12.7. The fourth-order valence-corrected chi connectivity index (χ4v) is 3.86. The summed E-state index contributed by atoms with van der Waals surface area (Å²) in [6, 6.07) is 4.17. The number of rotatable bonds is 9. The molecule has 1 aromatic rings. The third kappa shape index (κ3) is 9.19. The molecule has 1 rings (SSSR count). The third-order valence-corrected chi connectivity index (χ3v) is 5.90. The molecule has 0 heterocycles. The zero-order valence-corrected chi connectivity index (χ0v) is 23.7. The van der Waals surface area contributed by atoms with Gasteiger partial charge in [0.15, 0.2) is 0 Å². The number of benzene rings is 1. The van der Waals surface area contributed by atoms with Crippen molar-refractivity contribution in [2.45, 2.75) is 112 Å². The average molecular weight is 490 g/mol. The van der Waals surface area contributed by atoms with Gasteiger partial charge in [0.05, 0.1) is 0 Å². The van der Waals surface area contributed by atoms with Crippen LogP contribution in [-0.2, 0) is 14.3 Å². The molecule has 0 radical (unpaired) electrons. The number of alkyl carbamates (subject to hydrolysis) is 1. The summed E-state index contributed by atoms with van der Waals surface area (Å²) < 4.78 is 5.45. The van der Waals surface area contributed by atoms with Gasteiger partial charge in [-0.25, -0.2) is 4.79 Å². The largest absolute Gasteiger partial charge is 0.444 e. The van der Waals surface area contributed by atoms with Crippen molar-refractivity contribution < 1.29 is 19.1 Å². The van der Waals surface area contributed by atoms with E-state index in [9.17, 15) is 14.4 Å². The Labute approximate surface area is 212 Å². The van der Waals surface area contributed by atoms with Crippen molar-refractivity contribution in [1.29, 1.82) is 0 Å². The lowest BCUT2D eigenvalue weighted by molar-refractivity contribution is -0.144. The lowest BCUT2D eigenvalue weighted by atomic mass is 9.92. The van der Waals surface area contributed by atoms with Crippen LogP contribution in [0, 0.1) is 19.8 Å². The zero-order valence-electron chi connectivity index (χ0n) is 23.7. The van der Waals surface area contributed by atoms with Gasteiger partial charge in [0.25, 0.3) is 0 Å². The second-order valence-corrected chi connectivity index (χ2v) is 11.5. The number of carbonyl (C=O) groups excluding carboxylic acids is 3. The maximum atomic E-state index is 14.1. The van der Waals surface area contributed by atoms with Crippen LogP contribution in [0.15, 0.2) is 18.2 Å². The van der Waals surface area contributed by atoms with Gasteiger partial charge in [-0.2, -0.15) is 0 Å². The fourth-order valence-electron chi connectivity index (χ4n) is 3.86. The highest BCUT2D eigenvalue weighted by Crippen LogP contribution is 2.29. The molecule has 7 heteroatoms. The Morgan fingerprint density at radius 2 is 1.63 bits per heavy atom. The van der Waals surface area contributed by atoms with Gasteiger partial charge in [-0.05, 0) is 84.4 Å². The van der Waals surface area contributed by atoms with Crippen LogP contribution in [0.4, 0.5) is 4.79 Å². The summed E-state index contributed by atoms with van der Waals surface area (Å²) in [5, 5.41) is 5.87. The summed E-state index contributed by atoms with van der Waals surface area (Å²) in [7, 11) is 0. The molecule has 198 valence electrons. The average Bonchev–Trinajstić information content (AvgIpc) is 2.71. The smallest absolute Gasteiger partial charge is 0.408 e. The van der Waals surface area contributed by atoms with E-state index in [-0.39, 0.29) is 17.7 Å². The summed E-state index contributed by atoms with van der Waals surface area (Å²) >= 11 is 0. The third-order valence-electron chi connectivity index (χ3n) is 5.90. The van der Waals surface area contributed by atoms with E-state index in [1.165, 1.54) is 0 Å². The SMILES string of the molecule is CCCN(C(=O)C(NC(=O)OC(C)(C)C)C(C)CC)C(C(=O)NC(C)(C)C)c1cccc(C)c1C. The molecule has 7 nitrogen and oxygen atoms in total. The topological polar surface area (TPSA) is 87.7 Å². The minimum atomic E-state index is -0.825. The van der Waals surface area contributed by atoms with Gasteiger partial charge in [0.1, 0.15) is 17.7 Å². The van der Waals surface area contributed by atoms with Gasteiger partial charge < -0.3 is 20.3 Å². The molecule has 1 aromatic carbocycles. The van der Waals surface area contributed by atoms with Crippen LogP contribution in [0.1, 0.15) is 97.9 Å². The number of amides is 3. The van der Waals surface area contributed by atoms with Crippen LogP contribution in [0.25, 0.3) is 0 Å². The standard InChI is InChI=1S/C28H47N3O4/c1-12-17-31(25(33)22(18(3)13-2)29-26(34)35-28(9,10)11)23(24(32)30-27(6,7)8)21-16-14-15-19(4)20(21)5/h14-16,18,22-23H,12-13,17H2,1-11H3,(H,29,34)(H,30,32). The maximum Gasteiger partial charge on any atom is 0.408 e. The molecule has 0 aliphatic carbocycles. The molecule has 3 unspecified atom stereocenters. The van der Waals surface area contributed by atoms with E-state index < -0.39 is 29.3 Å². The van der Waals surface area contributed by atoms with Crippen LogP contribution in [0.3, 0.4) is 0 Å². The first-order chi connectivity index (χ1) is 16.0. The summed E-state index contributed by atoms with van der Waals surface area (Å²) in [6.45, 7) is 21.3. The summed E-state index contributed by atoms with van der Waals surface area (Å²) in [6.07, 6.45) is 0.694. The van der Waals surface area contributed by atoms with Crippen LogP contribution < -0.4 is 10.6 Å². The van der Waals surface area contributed by atoms with Crippen LogP contribution in [-0.4, -0.2) is 46.5 Å². The van der Waals surface area contributed by atoms with Crippen molar-refractivity contribution in [3.05, 3.63) is 34.9 Å². The van der Waals surface area contributed by atoms with Gasteiger partial charge in [-0.15, -0.1) is 0 Å². The van der Waals surface area contributed by atoms with E-state index >= 15 is 0 Å². The van der Waals surface area contributed by atoms with Crippen LogP contribution in [0.2, 0.25) is 0 Å². The Morgan fingerprint density at radius 3 is 2.11 bits per heavy atom. The van der Waals surface area contributed by atoms with E-state index in [4.69, 9.17) is 4.74 Å². The van der Waals surface area contributed by atoms with Crippen molar-refractivity contribution in [3.8, 4) is 0 Å². The van der Waals surface area contributed by atoms with Crippen molar-refractivity contribution in [2.24, 2.45) is 5.92 Å². The van der Waals surface area contributed by atoms with Gasteiger partial charge in [-0.3, -0.25) is 9.59 Å². The number of carbonyl (C=O) groups is 3. The second-order valence-electron chi connectivity index (χ2n) is 11.5. The Morgan fingerprint density at radius 1 is 1.03 bits per heavy atom. The number of ether oxygens (including phenoxy) is 1. The summed E-state index contributed by atoms with van der Waals surface area (Å²) in [5.41, 5.74) is 1.64. The van der Waals surface area contributed by atoms with E-state index in [0.717, 1.165) is 16.7 Å². The van der Waals surface area contributed by atoms with Gasteiger partial charge in [0.2, 0.25) is 11.8 Å². The monoisotopic (exact) mass is 489 g/mol. The summed E-state index contributed by atoms with van der Waals surface area (Å²) in [4.78, 5) is 42.1. The molecule has 0 aliphatic heterocycles. The quantitative estimate of drug-likeness (QED) is 0.484. The van der Waals surface area contributed by atoms with Gasteiger partial charge >= 0.3 is 6.09 Å². The Bertz CT molecular complexity index is 883. The molecule has 0 saturated heterocycles. The number of nitrogens with zero attached hydrogens (tertiary/aromatic N) is 1. The Balaban J connectivity index is 3.58. The highest BCUT2D eigenvalue weighted by atomic mass is 16.6. The molecule has 35 heavy (non-hydrogen) atoms. The maximum absolute atomic E-state index is 14.1. The lowest BCUT2D eigenvalue weighted by Crippen LogP contribution is -2.56. The first-order valence-corrected chi connectivity index (χ1v) is 12.7. The van der Waals surface area contributed by atoms with Crippen molar-refractivity contribution in [2.75, 3.05) is 6.54 Å². The van der Waals surface area contributed by atoms with Crippen molar-refractivity contribution >= 4 is 17.9 Å². The zero-order chi connectivity index (χ0) is 27.1. The number of hydrogen-bond donors (Lipinski definition) is 2. The molecule has 0 fully saturated rings. The summed E-state index contributed by atoms with van der Waals surface area (Å²) in [5.74, 6) is -0.686. The van der Waals surface area contributed by atoms with Crippen LogP contribution >= 0.6 is 0 Å². The predicted octanol–water partition coefficient (Wildman–Crippen LogP) is 5.44. The van der Waals surface area contributed by atoms with Crippen molar-refractivity contribution in [3.63, 3.8) is 0 Å². The van der Waals surface area contributed by atoms with E-state index in [1.54, 1.807) is 25.7 Å². The van der Waals surface area contributed by atoms with Crippen LogP contribution in [0.5, 0.6) is 0 Å². The Hall–Kier alpha value is -2.57. The minimum Gasteiger partial charge on any atom is -0.444 e. The predicted molar refractivity (Wildman–Crippen MR) is 141 cm³/mol. The van der Waals surface area contributed by atoms with E-state index in [1.807, 2.05) is 73.6 Å². The lowest BCUT2D eigenvalue weighted by Gasteiger charge is -2.37. The first kappa shape index (κ1) is 30.5. The molecule has 0 aliphatic rings. The highest BCUT2D eigenvalue weighted by molar-refractivity contribution is 5.92. The highest BCUT2D eigenvalue weighted by Gasteiger charge is 2.39. The normalized spacial score (nSPS) is 14.5. The molecule has 3 amide bonds. The number of nitrogens with one attached hydrogen (secondary N) is 2. The van der Waals surface area contributed by atoms with Gasteiger partial charge in [0, 0.05) is 12.1 Å². The minimum absolute atomic E-state index is 0.153. The fraction of sp³-hybridized carbons (Fsp3) is 0.679. The molecular formula is C28H47N3O4. The molecular weight excluding hydrogens is 442 g/mol.